The van der Waals surface area contributed by atoms with Gasteiger partial charge in [0.15, 0.2) is 14.1 Å². The van der Waals surface area contributed by atoms with E-state index in [-0.39, 0.29) is 34.4 Å². The zero-order chi connectivity index (χ0) is 22.6. The molecule has 0 bridgehead atoms. The molecule has 0 aromatic rings. The van der Waals surface area contributed by atoms with Crippen molar-refractivity contribution >= 4 is 36.7 Å². The van der Waals surface area contributed by atoms with Gasteiger partial charge >= 0.3 is 0 Å². The van der Waals surface area contributed by atoms with E-state index in [2.05, 4.69) is 68.6 Å². The summed E-state index contributed by atoms with van der Waals surface area (Å²) in [5, 5.41) is 0.158. The molecule has 2 rings (SSSR count). The summed E-state index contributed by atoms with van der Waals surface area (Å²) >= 11 is 2.20. The Morgan fingerprint density at radius 3 is 2.60 bits per heavy atom. The Morgan fingerprint density at radius 1 is 1.30 bits per heavy atom. The summed E-state index contributed by atoms with van der Waals surface area (Å²) in [6.45, 7) is 13.9. The number of ether oxygens (including phenoxy) is 2. The van der Waals surface area contributed by atoms with Crippen LogP contribution in [0.3, 0.4) is 0 Å². The molecule has 4 atom stereocenters. The molecule has 1 fully saturated rings. The highest BCUT2D eigenvalue weighted by Gasteiger charge is 2.56. The Labute approximate surface area is 198 Å². The van der Waals surface area contributed by atoms with Gasteiger partial charge < -0.3 is 13.9 Å². The molecule has 2 aliphatic rings. The van der Waals surface area contributed by atoms with Crippen LogP contribution in [-0.4, -0.2) is 40.2 Å². The normalized spacial score (nSPS) is 30.3. The van der Waals surface area contributed by atoms with Crippen molar-refractivity contribution in [2.24, 2.45) is 11.3 Å². The van der Waals surface area contributed by atoms with Gasteiger partial charge in [-0.15, -0.1) is 0 Å². The first kappa shape index (κ1) is 26.2. The van der Waals surface area contributed by atoms with Gasteiger partial charge in [0.25, 0.3) is 0 Å². The van der Waals surface area contributed by atoms with Gasteiger partial charge in [0.2, 0.25) is 0 Å². The number of hydrogen-bond donors (Lipinski definition) is 0. The van der Waals surface area contributed by atoms with Crippen molar-refractivity contribution in [2.45, 2.75) is 96.6 Å². The lowest BCUT2D eigenvalue weighted by atomic mass is 9.63. The third kappa shape index (κ3) is 6.06. The van der Waals surface area contributed by atoms with E-state index in [4.69, 9.17) is 13.9 Å². The molecule has 0 N–H and O–H groups in total. The Kier molecular flexibility index (Phi) is 9.38. The quantitative estimate of drug-likeness (QED) is 0.105. The lowest BCUT2D eigenvalue weighted by Gasteiger charge is -2.52. The fraction of sp³-hybridized carbons (Fsp3) is 0.792. The average Bonchev–Trinajstić information content (AvgIpc) is 3.03. The average molecular weight is 549 g/mol. The Balaban J connectivity index is 2.33. The standard InChI is InChI=1S/C24H41IO4Si/c1-18(25)16-20(26)14-13-19-10-8-11-22(29-30(6,7)23(2,3)4)24(19)15-9-12-21(24)28-17-27-5/h8,10,16,19,21-22H,9,11-15,17H2,1-7H3/b18-16-/t19-,21-,22+,24+/m0/s1. The molecule has 0 aliphatic heterocycles. The summed E-state index contributed by atoms with van der Waals surface area (Å²) in [4.78, 5) is 12.4. The van der Waals surface area contributed by atoms with Gasteiger partial charge in [0, 0.05) is 18.9 Å². The predicted molar refractivity (Wildman–Crippen MR) is 134 cm³/mol. The molecule has 0 radical (unpaired) electrons. The van der Waals surface area contributed by atoms with Crippen LogP contribution >= 0.6 is 22.6 Å². The fourth-order valence-corrected chi connectivity index (χ4v) is 6.58. The maximum atomic E-state index is 12.4. The molecule has 30 heavy (non-hydrogen) atoms. The highest BCUT2D eigenvalue weighted by atomic mass is 127. The molecule has 0 heterocycles. The zero-order valence-electron chi connectivity index (χ0n) is 19.9. The van der Waals surface area contributed by atoms with Crippen molar-refractivity contribution in [2.75, 3.05) is 13.9 Å². The van der Waals surface area contributed by atoms with Crippen LogP contribution in [-0.2, 0) is 18.7 Å². The smallest absolute Gasteiger partial charge is 0.192 e. The Morgan fingerprint density at radius 2 is 2.00 bits per heavy atom. The Bertz CT molecular complexity index is 648. The SMILES string of the molecule is COCO[C@H]1CCC[C@@]12[C@H](CCC(=O)/C=C(/C)I)C=CC[C@H]2O[Si](C)(C)C(C)(C)C. The highest BCUT2D eigenvalue weighted by molar-refractivity contribution is 14.1. The van der Waals surface area contributed by atoms with Crippen LogP contribution in [0.4, 0.5) is 0 Å². The van der Waals surface area contributed by atoms with Crippen molar-refractivity contribution in [3.05, 3.63) is 21.8 Å². The first-order valence-electron chi connectivity index (χ1n) is 11.3. The second-order valence-corrected chi connectivity index (χ2v) is 16.9. The summed E-state index contributed by atoms with van der Waals surface area (Å²) in [6.07, 6.45) is 12.2. The van der Waals surface area contributed by atoms with Crippen molar-refractivity contribution < 1.29 is 18.7 Å². The van der Waals surface area contributed by atoms with Crippen LogP contribution in [0, 0.1) is 11.3 Å². The molecular formula is C24H41IO4Si. The second kappa shape index (κ2) is 10.7. The van der Waals surface area contributed by atoms with E-state index in [0.29, 0.717) is 13.2 Å². The van der Waals surface area contributed by atoms with E-state index in [9.17, 15) is 4.79 Å². The summed E-state index contributed by atoms with van der Waals surface area (Å²) in [7, 11) is -0.260. The summed E-state index contributed by atoms with van der Waals surface area (Å²) in [5.41, 5.74) is -0.0772. The lowest BCUT2D eigenvalue weighted by molar-refractivity contribution is -0.151. The minimum atomic E-state index is -1.94. The summed E-state index contributed by atoms with van der Waals surface area (Å²) in [5.74, 6) is 0.502. The fourth-order valence-electron chi connectivity index (χ4n) is 4.86. The number of hydrogen-bond acceptors (Lipinski definition) is 4. The molecule has 2 aliphatic carbocycles. The largest absolute Gasteiger partial charge is 0.413 e. The van der Waals surface area contributed by atoms with Crippen molar-refractivity contribution in [3.63, 3.8) is 0 Å². The Hall–Kier alpha value is -0.0231. The minimum Gasteiger partial charge on any atom is -0.413 e. The molecule has 0 aromatic heterocycles. The van der Waals surface area contributed by atoms with Crippen molar-refractivity contribution in [1.82, 2.24) is 0 Å². The van der Waals surface area contributed by atoms with E-state index in [1.165, 1.54) is 0 Å². The molecule has 172 valence electrons. The monoisotopic (exact) mass is 548 g/mol. The van der Waals surface area contributed by atoms with Gasteiger partial charge in [-0.3, -0.25) is 4.79 Å². The maximum Gasteiger partial charge on any atom is 0.192 e. The molecule has 0 unspecified atom stereocenters. The number of carbonyl (C=O) groups is 1. The molecule has 1 spiro atoms. The molecular weight excluding hydrogens is 507 g/mol. The predicted octanol–water partition coefficient (Wildman–Crippen LogP) is 6.80. The molecule has 1 saturated carbocycles. The molecule has 0 aromatic carbocycles. The van der Waals surface area contributed by atoms with E-state index >= 15 is 0 Å². The summed E-state index contributed by atoms with van der Waals surface area (Å²) < 4.78 is 19.6. The number of methoxy groups -OCH3 is 1. The van der Waals surface area contributed by atoms with E-state index in [1.54, 1.807) is 13.2 Å². The number of halogens is 1. The van der Waals surface area contributed by atoms with Crippen molar-refractivity contribution in [3.8, 4) is 0 Å². The number of carbonyl (C=O) groups excluding carboxylic acids is 1. The van der Waals surface area contributed by atoms with Gasteiger partial charge in [-0.2, -0.15) is 0 Å². The van der Waals surface area contributed by atoms with Crippen LogP contribution in [0.1, 0.15) is 66.2 Å². The maximum absolute atomic E-state index is 12.4. The third-order valence-corrected chi connectivity index (χ3v) is 12.2. The summed E-state index contributed by atoms with van der Waals surface area (Å²) in [6, 6.07) is 0. The van der Waals surface area contributed by atoms with E-state index in [1.807, 2.05) is 6.92 Å². The topological polar surface area (TPSA) is 44.8 Å². The van der Waals surface area contributed by atoms with Crippen LogP contribution in [0.15, 0.2) is 21.8 Å². The van der Waals surface area contributed by atoms with Gasteiger partial charge in [0.05, 0.1) is 12.2 Å². The first-order valence-corrected chi connectivity index (χ1v) is 15.2. The molecule has 0 amide bonds. The van der Waals surface area contributed by atoms with Gasteiger partial charge in [-0.05, 0) is 88.9 Å². The van der Waals surface area contributed by atoms with Gasteiger partial charge in [-0.1, -0.05) is 39.3 Å². The van der Waals surface area contributed by atoms with Crippen LogP contribution in [0.5, 0.6) is 0 Å². The lowest BCUT2D eigenvalue weighted by Crippen LogP contribution is -2.55. The van der Waals surface area contributed by atoms with Crippen LogP contribution in [0.2, 0.25) is 18.1 Å². The molecule has 4 nitrogen and oxygen atoms in total. The number of ketones is 1. The highest BCUT2D eigenvalue weighted by Crippen LogP contribution is 2.56. The van der Waals surface area contributed by atoms with Gasteiger partial charge in [0.1, 0.15) is 6.79 Å². The van der Waals surface area contributed by atoms with Gasteiger partial charge in [-0.25, -0.2) is 0 Å². The van der Waals surface area contributed by atoms with Crippen LogP contribution in [0.25, 0.3) is 0 Å². The van der Waals surface area contributed by atoms with Crippen molar-refractivity contribution in [1.29, 1.82) is 0 Å². The number of allylic oxidation sites excluding steroid dienone is 3. The number of rotatable bonds is 9. The van der Waals surface area contributed by atoms with E-state index in [0.717, 1.165) is 35.7 Å². The first-order chi connectivity index (χ1) is 13.9. The molecule has 0 saturated heterocycles. The van der Waals surface area contributed by atoms with Crippen LogP contribution < -0.4 is 0 Å². The second-order valence-electron chi connectivity index (χ2n) is 10.4. The third-order valence-electron chi connectivity index (χ3n) is 7.38. The zero-order valence-corrected chi connectivity index (χ0v) is 23.1. The minimum absolute atomic E-state index is 0.0772. The van der Waals surface area contributed by atoms with E-state index < -0.39 is 8.32 Å². The molecule has 6 heteroatoms.